The molecule has 0 radical (unpaired) electrons. The Labute approximate surface area is 150 Å². The summed E-state index contributed by atoms with van der Waals surface area (Å²) in [6.07, 6.45) is -4.79. The van der Waals surface area contributed by atoms with Gasteiger partial charge in [-0.25, -0.2) is 4.39 Å². The van der Waals surface area contributed by atoms with Crippen molar-refractivity contribution in [3.05, 3.63) is 60.0 Å². The molecule has 0 atom stereocenters. The van der Waals surface area contributed by atoms with E-state index in [4.69, 9.17) is 0 Å². The van der Waals surface area contributed by atoms with Gasteiger partial charge < -0.3 is 10.1 Å². The molecule has 0 spiro atoms. The van der Waals surface area contributed by atoms with E-state index in [1.54, 1.807) is 0 Å². The van der Waals surface area contributed by atoms with Crippen LogP contribution >= 0.6 is 0 Å². The van der Waals surface area contributed by atoms with Crippen LogP contribution in [-0.2, 0) is 0 Å². The molecule has 140 valence electrons. The van der Waals surface area contributed by atoms with Crippen LogP contribution in [0, 0.1) is 5.82 Å². The summed E-state index contributed by atoms with van der Waals surface area (Å²) in [6, 6.07) is 10.2. The van der Waals surface area contributed by atoms with Crippen LogP contribution in [0.4, 0.5) is 29.1 Å². The van der Waals surface area contributed by atoms with Crippen molar-refractivity contribution in [1.82, 2.24) is 15.0 Å². The van der Waals surface area contributed by atoms with Gasteiger partial charge in [0.1, 0.15) is 11.6 Å². The van der Waals surface area contributed by atoms with Crippen LogP contribution in [-0.4, -0.2) is 27.1 Å². The maximum absolute atomic E-state index is 13.0. The number of alkyl halides is 3. The van der Waals surface area contributed by atoms with Crippen LogP contribution in [0.3, 0.4) is 0 Å². The molecule has 1 aromatic heterocycles. The van der Waals surface area contributed by atoms with Gasteiger partial charge in [0.15, 0.2) is 17.3 Å². The number of ether oxygens (including phenoxy) is 1. The highest BCUT2D eigenvalue weighted by molar-refractivity contribution is 5.97. The van der Waals surface area contributed by atoms with Gasteiger partial charge in [0, 0.05) is 12.6 Å². The fourth-order valence-corrected chi connectivity index (χ4v) is 2.19. The van der Waals surface area contributed by atoms with E-state index < -0.39 is 17.9 Å². The van der Waals surface area contributed by atoms with E-state index in [-0.39, 0.29) is 17.3 Å². The molecule has 2 aromatic carbocycles. The number of ketones is 1. The number of hydrogen-bond acceptors (Lipinski definition) is 5. The van der Waals surface area contributed by atoms with E-state index in [2.05, 4.69) is 20.3 Å². The van der Waals surface area contributed by atoms with Gasteiger partial charge in [0.2, 0.25) is 0 Å². The number of halogens is 4. The Morgan fingerprint density at radius 1 is 1.04 bits per heavy atom. The van der Waals surface area contributed by atoms with Crippen LogP contribution in [0.2, 0.25) is 0 Å². The van der Waals surface area contributed by atoms with Gasteiger partial charge in [0.25, 0.3) is 0 Å². The Morgan fingerprint density at radius 3 is 2.22 bits per heavy atom. The minimum absolute atomic E-state index is 0.0231. The molecule has 27 heavy (non-hydrogen) atoms. The van der Waals surface area contributed by atoms with Gasteiger partial charge in [-0.15, -0.1) is 28.2 Å². The van der Waals surface area contributed by atoms with Crippen LogP contribution < -0.4 is 10.1 Å². The van der Waals surface area contributed by atoms with Crippen LogP contribution in [0.1, 0.15) is 17.4 Å². The minimum atomic E-state index is -4.79. The lowest BCUT2D eigenvalue weighted by Crippen LogP contribution is -2.17. The van der Waals surface area contributed by atoms with Crippen molar-refractivity contribution in [2.45, 2.75) is 13.3 Å². The maximum Gasteiger partial charge on any atom is 0.573 e. The number of hydrogen-bond donors (Lipinski definition) is 1. The monoisotopic (exact) mass is 380 g/mol. The number of aromatic nitrogens is 3. The predicted octanol–water partition coefficient (Wildman–Crippen LogP) is 4.25. The van der Waals surface area contributed by atoms with Crippen LogP contribution in [0.5, 0.6) is 5.75 Å². The second-order valence-electron chi connectivity index (χ2n) is 5.42. The van der Waals surface area contributed by atoms with E-state index >= 15 is 0 Å². The average Bonchev–Trinajstić information content (AvgIpc) is 3.00. The van der Waals surface area contributed by atoms with E-state index in [0.29, 0.717) is 11.4 Å². The number of anilines is 2. The number of Topliss-reactive ketones (excluding diaryl/α,β-unsaturated/α-hetero) is 1. The quantitative estimate of drug-likeness (QED) is 0.529. The largest absolute Gasteiger partial charge is 0.573 e. The van der Waals surface area contributed by atoms with E-state index in [1.165, 1.54) is 43.3 Å². The highest BCUT2D eigenvalue weighted by Gasteiger charge is 2.31. The summed E-state index contributed by atoms with van der Waals surface area (Å²) in [5.74, 6) is -1.06. The topological polar surface area (TPSA) is 69.0 Å². The lowest BCUT2D eigenvalue weighted by molar-refractivity contribution is -0.274. The first-order valence-electron chi connectivity index (χ1n) is 7.58. The van der Waals surface area contributed by atoms with Gasteiger partial charge >= 0.3 is 6.36 Å². The number of rotatable bonds is 5. The SMILES string of the molecule is CC(=O)c1nn(-c2ccc(OC(F)(F)F)cc2)nc1Nc1ccc(F)cc1. The second kappa shape index (κ2) is 7.06. The fourth-order valence-electron chi connectivity index (χ4n) is 2.19. The molecule has 0 aliphatic rings. The van der Waals surface area contributed by atoms with E-state index in [9.17, 15) is 22.4 Å². The third-order valence-corrected chi connectivity index (χ3v) is 3.36. The lowest BCUT2D eigenvalue weighted by atomic mass is 10.3. The van der Waals surface area contributed by atoms with Crippen molar-refractivity contribution in [3.8, 4) is 11.4 Å². The highest BCUT2D eigenvalue weighted by Crippen LogP contribution is 2.24. The minimum Gasteiger partial charge on any atom is -0.406 e. The Morgan fingerprint density at radius 2 is 1.67 bits per heavy atom. The van der Waals surface area contributed by atoms with Crippen molar-refractivity contribution >= 4 is 17.3 Å². The number of nitrogens with one attached hydrogen (secondary N) is 1. The zero-order valence-electron chi connectivity index (χ0n) is 13.8. The van der Waals surface area contributed by atoms with Gasteiger partial charge in [-0.2, -0.15) is 0 Å². The Hall–Kier alpha value is -3.43. The first kappa shape index (κ1) is 18.4. The molecule has 3 rings (SSSR count). The molecule has 0 amide bonds. The van der Waals surface area contributed by atoms with Crippen molar-refractivity contribution in [3.63, 3.8) is 0 Å². The number of benzene rings is 2. The molecule has 0 saturated carbocycles. The molecule has 0 aliphatic heterocycles. The smallest absolute Gasteiger partial charge is 0.406 e. The molecular formula is C17H12F4N4O2. The first-order valence-corrected chi connectivity index (χ1v) is 7.58. The summed E-state index contributed by atoms with van der Waals surface area (Å²) < 4.78 is 53.5. The molecule has 6 nitrogen and oxygen atoms in total. The van der Waals surface area contributed by atoms with Crippen LogP contribution in [0.25, 0.3) is 5.69 Å². The normalized spacial score (nSPS) is 11.3. The van der Waals surface area contributed by atoms with Gasteiger partial charge in [-0.05, 0) is 48.5 Å². The molecule has 1 N–H and O–H groups in total. The first-order chi connectivity index (χ1) is 12.7. The Kier molecular flexibility index (Phi) is 4.80. The van der Waals surface area contributed by atoms with E-state index in [0.717, 1.165) is 16.9 Å². The summed E-state index contributed by atoms with van der Waals surface area (Å²) in [6.45, 7) is 1.30. The summed E-state index contributed by atoms with van der Waals surface area (Å²) in [4.78, 5) is 12.9. The van der Waals surface area contributed by atoms with Crippen molar-refractivity contribution in [1.29, 1.82) is 0 Å². The summed E-state index contributed by atoms with van der Waals surface area (Å²) in [7, 11) is 0. The molecule has 0 unspecified atom stereocenters. The lowest BCUT2D eigenvalue weighted by Gasteiger charge is -2.08. The second-order valence-corrected chi connectivity index (χ2v) is 5.42. The Bertz CT molecular complexity index is 951. The van der Waals surface area contributed by atoms with Gasteiger partial charge in [-0.3, -0.25) is 4.79 Å². The number of carbonyl (C=O) groups excluding carboxylic acids is 1. The molecule has 0 aliphatic carbocycles. The predicted molar refractivity (Wildman–Crippen MR) is 87.7 cm³/mol. The molecule has 3 aromatic rings. The maximum atomic E-state index is 13.0. The van der Waals surface area contributed by atoms with Crippen molar-refractivity contribution in [2.24, 2.45) is 0 Å². The molecule has 1 heterocycles. The number of carbonyl (C=O) groups is 1. The molecular weight excluding hydrogens is 368 g/mol. The average molecular weight is 380 g/mol. The summed E-state index contributed by atoms with van der Waals surface area (Å²) in [5, 5.41) is 11.1. The van der Waals surface area contributed by atoms with E-state index in [1.807, 2.05) is 0 Å². The fraction of sp³-hybridized carbons (Fsp3) is 0.118. The third-order valence-electron chi connectivity index (χ3n) is 3.36. The third kappa shape index (κ3) is 4.60. The van der Waals surface area contributed by atoms with Crippen LogP contribution in [0.15, 0.2) is 48.5 Å². The van der Waals surface area contributed by atoms with Gasteiger partial charge in [-0.1, -0.05) is 0 Å². The molecule has 0 fully saturated rings. The van der Waals surface area contributed by atoms with Gasteiger partial charge in [0.05, 0.1) is 5.69 Å². The standard InChI is InChI=1S/C17H12F4N4O2/c1-10(26)15-16(22-12-4-2-11(18)3-5-12)24-25(23-15)13-6-8-14(9-7-13)27-17(19,20)21/h2-9H,1H3,(H,22,24). The zero-order valence-corrected chi connectivity index (χ0v) is 13.8. The molecule has 0 bridgehead atoms. The zero-order chi connectivity index (χ0) is 19.6. The van der Waals surface area contributed by atoms with Crippen molar-refractivity contribution < 1.29 is 27.1 Å². The summed E-state index contributed by atoms with van der Waals surface area (Å²) in [5.41, 5.74) is 0.828. The highest BCUT2D eigenvalue weighted by atomic mass is 19.4. The summed E-state index contributed by atoms with van der Waals surface area (Å²) >= 11 is 0. The molecule has 10 heteroatoms. The Balaban J connectivity index is 1.88. The van der Waals surface area contributed by atoms with Crippen molar-refractivity contribution in [2.75, 3.05) is 5.32 Å². The molecule has 0 saturated heterocycles. The number of nitrogens with zero attached hydrogens (tertiary/aromatic N) is 3.